The fraction of sp³-hybridized carbons (Fsp3) is 0.643. The standard InChI is InChI=1S/C14H26O2Si/c1-6-9-10-11-14(12-15)16-17(7-2,8-3)13(4)5/h6,11-13H,1,7-10H2,2-5H3/b14-11+. The summed E-state index contributed by atoms with van der Waals surface area (Å²) in [5, 5.41) is 0. The van der Waals surface area contributed by atoms with Crippen LogP contribution in [0.3, 0.4) is 0 Å². The van der Waals surface area contributed by atoms with Gasteiger partial charge in [0.2, 0.25) is 0 Å². The maximum absolute atomic E-state index is 11.0. The van der Waals surface area contributed by atoms with Gasteiger partial charge in [0.15, 0.2) is 6.29 Å². The van der Waals surface area contributed by atoms with E-state index in [0.717, 1.165) is 31.2 Å². The molecule has 0 rings (SSSR count). The Kier molecular flexibility index (Phi) is 7.88. The highest BCUT2D eigenvalue weighted by atomic mass is 28.4. The lowest BCUT2D eigenvalue weighted by Crippen LogP contribution is -2.40. The van der Waals surface area contributed by atoms with Gasteiger partial charge >= 0.3 is 0 Å². The van der Waals surface area contributed by atoms with Crippen molar-refractivity contribution in [2.24, 2.45) is 0 Å². The van der Waals surface area contributed by atoms with Crippen LogP contribution in [-0.2, 0) is 9.22 Å². The second-order valence-corrected chi connectivity index (χ2v) is 9.52. The molecular formula is C14H26O2Si. The number of hydrogen-bond acceptors (Lipinski definition) is 2. The summed E-state index contributed by atoms with van der Waals surface area (Å²) in [4.78, 5) is 11.0. The number of unbranched alkanes of at least 4 members (excludes halogenated alkanes) is 1. The molecule has 0 spiro atoms. The highest BCUT2D eigenvalue weighted by molar-refractivity contribution is 6.75. The summed E-state index contributed by atoms with van der Waals surface area (Å²) >= 11 is 0. The third-order valence-corrected chi connectivity index (χ3v) is 8.54. The molecule has 0 saturated heterocycles. The lowest BCUT2D eigenvalue weighted by atomic mass is 10.3. The molecule has 0 aliphatic heterocycles. The van der Waals surface area contributed by atoms with Crippen LogP contribution >= 0.6 is 0 Å². The fourth-order valence-corrected chi connectivity index (χ4v) is 5.28. The summed E-state index contributed by atoms with van der Waals surface area (Å²) in [7, 11) is -1.79. The van der Waals surface area contributed by atoms with E-state index >= 15 is 0 Å². The van der Waals surface area contributed by atoms with E-state index in [-0.39, 0.29) is 0 Å². The fourth-order valence-electron chi connectivity index (χ4n) is 2.02. The molecule has 0 atom stereocenters. The van der Waals surface area contributed by atoms with E-state index in [9.17, 15) is 4.79 Å². The van der Waals surface area contributed by atoms with Gasteiger partial charge in [-0.25, -0.2) is 0 Å². The zero-order valence-corrected chi connectivity index (χ0v) is 12.7. The molecule has 0 aromatic carbocycles. The smallest absolute Gasteiger partial charge is 0.253 e. The zero-order valence-electron chi connectivity index (χ0n) is 11.7. The molecule has 98 valence electrons. The highest BCUT2D eigenvalue weighted by Crippen LogP contribution is 2.31. The molecule has 0 saturated carbocycles. The Balaban J connectivity index is 4.76. The minimum absolute atomic E-state index is 0.524. The van der Waals surface area contributed by atoms with Gasteiger partial charge in [-0.3, -0.25) is 4.79 Å². The second kappa shape index (κ2) is 8.29. The van der Waals surface area contributed by atoms with Gasteiger partial charge in [0.25, 0.3) is 8.32 Å². The number of aldehydes is 1. The molecule has 0 amide bonds. The third kappa shape index (κ3) is 4.90. The molecule has 0 fully saturated rings. The minimum Gasteiger partial charge on any atom is -0.541 e. The number of rotatable bonds is 9. The van der Waals surface area contributed by atoms with E-state index in [2.05, 4.69) is 34.3 Å². The predicted molar refractivity (Wildman–Crippen MR) is 76.5 cm³/mol. The van der Waals surface area contributed by atoms with Crippen LogP contribution in [0.2, 0.25) is 17.6 Å². The van der Waals surface area contributed by atoms with Gasteiger partial charge in [-0.2, -0.15) is 0 Å². The van der Waals surface area contributed by atoms with Crippen molar-refractivity contribution < 1.29 is 9.22 Å². The maximum Gasteiger partial charge on any atom is 0.253 e. The molecule has 2 nitrogen and oxygen atoms in total. The van der Waals surface area contributed by atoms with Crippen molar-refractivity contribution >= 4 is 14.6 Å². The van der Waals surface area contributed by atoms with Crippen molar-refractivity contribution in [1.82, 2.24) is 0 Å². The van der Waals surface area contributed by atoms with E-state index in [0.29, 0.717) is 11.3 Å². The summed E-state index contributed by atoms with van der Waals surface area (Å²) in [6, 6.07) is 2.10. The van der Waals surface area contributed by atoms with Gasteiger partial charge in [-0.1, -0.05) is 33.8 Å². The molecule has 0 aliphatic rings. The second-order valence-electron chi connectivity index (χ2n) is 4.62. The van der Waals surface area contributed by atoms with Crippen LogP contribution in [0.1, 0.15) is 40.5 Å². The summed E-state index contributed by atoms with van der Waals surface area (Å²) in [5.41, 5.74) is 0.528. The van der Waals surface area contributed by atoms with Crippen LogP contribution < -0.4 is 0 Å². The molecule has 3 heteroatoms. The van der Waals surface area contributed by atoms with Crippen LogP contribution in [0.5, 0.6) is 0 Å². The summed E-state index contributed by atoms with van der Waals surface area (Å²) < 4.78 is 6.09. The minimum atomic E-state index is -1.79. The van der Waals surface area contributed by atoms with Crippen LogP contribution in [0, 0.1) is 0 Å². The first-order chi connectivity index (χ1) is 8.06. The average molecular weight is 254 g/mol. The van der Waals surface area contributed by atoms with Gasteiger partial charge in [0.1, 0.15) is 5.76 Å². The van der Waals surface area contributed by atoms with Crippen molar-refractivity contribution in [2.45, 2.75) is 58.2 Å². The Morgan fingerprint density at radius 3 is 2.24 bits per heavy atom. The Morgan fingerprint density at radius 1 is 1.29 bits per heavy atom. The Hall–Kier alpha value is -0.833. The zero-order chi connectivity index (χ0) is 13.3. The van der Waals surface area contributed by atoms with Crippen LogP contribution in [0.25, 0.3) is 0 Å². The van der Waals surface area contributed by atoms with Crippen LogP contribution in [-0.4, -0.2) is 14.6 Å². The SMILES string of the molecule is C=CCC/C=C(\C=O)O[Si](CC)(CC)C(C)C. The van der Waals surface area contributed by atoms with E-state index in [1.807, 2.05) is 12.2 Å². The molecule has 0 radical (unpaired) electrons. The number of carbonyl (C=O) groups excluding carboxylic acids is 1. The van der Waals surface area contributed by atoms with E-state index < -0.39 is 8.32 Å². The van der Waals surface area contributed by atoms with Crippen molar-refractivity contribution in [1.29, 1.82) is 0 Å². The van der Waals surface area contributed by atoms with E-state index in [1.165, 1.54) is 0 Å². The Morgan fingerprint density at radius 2 is 1.88 bits per heavy atom. The molecule has 0 aromatic rings. The molecule has 0 unspecified atom stereocenters. The van der Waals surface area contributed by atoms with Gasteiger partial charge < -0.3 is 4.43 Å². The molecule has 0 bridgehead atoms. The normalized spacial score (nSPS) is 12.6. The summed E-state index contributed by atoms with van der Waals surface area (Å²) in [6.45, 7) is 12.4. The van der Waals surface area contributed by atoms with Crippen LogP contribution in [0.4, 0.5) is 0 Å². The maximum atomic E-state index is 11.0. The van der Waals surface area contributed by atoms with Gasteiger partial charge in [-0.15, -0.1) is 6.58 Å². The average Bonchev–Trinajstić information content (AvgIpc) is 2.33. The topological polar surface area (TPSA) is 26.3 Å². The molecule has 0 aliphatic carbocycles. The molecule has 0 heterocycles. The molecule has 17 heavy (non-hydrogen) atoms. The van der Waals surface area contributed by atoms with E-state index in [4.69, 9.17) is 4.43 Å². The van der Waals surface area contributed by atoms with Gasteiger partial charge in [0.05, 0.1) is 0 Å². The molecule has 0 N–H and O–H groups in total. The lowest BCUT2D eigenvalue weighted by molar-refractivity contribution is -0.106. The largest absolute Gasteiger partial charge is 0.541 e. The predicted octanol–water partition coefficient (Wildman–Crippen LogP) is 4.45. The van der Waals surface area contributed by atoms with Crippen LogP contribution in [0.15, 0.2) is 24.5 Å². The quantitative estimate of drug-likeness (QED) is 0.152. The monoisotopic (exact) mass is 254 g/mol. The van der Waals surface area contributed by atoms with E-state index in [1.54, 1.807) is 0 Å². The number of carbonyl (C=O) groups is 1. The first-order valence-electron chi connectivity index (χ1n) is 6.51. The third-order valence-electron chi connectivity index (χ3n) is 3.40. The number of hydrogen-bond donors (Lipinski definition) is 0. The van der Waals surface area contributed by atoms with Gasteiger partial charge in [0, 0.05) is 0 Å². The molecule has 0 aromatic heterocycles. The Bertz CT molecular complexity index is 265. The number of allylic oxidation sites excluding steroid dienone is 3. The summed E-state index contributed by atoms with van der Waals surface area (Å²) in [5.74, 6) is 0.524. The van der Waals surface area contributed by atoms with Crippen molar-refractivity contribution in [3.63, 3.8) is 0 Å². The van der Waals surface area contributed by atoms with Gasteiger partial charge in [-0.05, 0) is 36.5 Å². The highest BCUT2D eigenvalue weighted by Gasteiger charge is 2.37. The Labute approximate surface area is 107 Å². The van der Waals surface area contributed by atoms with Crippen molar-refractivity contribution in [2.75, 3.05) is 0 Å². The van der Waals surface area contributed by atoms with Crippen molar-refractivity contribution in [3.8, 4) is 0 Å². The first-order valence-corrected chi connectivity index (χ1v) is 8.91. The summed E-state index contributed by atoms with van der Waals surface area (Å²) in [6.07, 6.45) is 6.30. The lowest BCUT2D eigenvalue weighted by Gasteiger charge is -2.33. The first kappa shape index (κ1) is 16.2. The molecular weight excluding hydrogens is 228 g/mol. The van der Waals surface area contributed by atoms with Crippen molar-refractivity contribution in [3.05, 3.63) is 24.5 Å².